The third-order valence-corrected chi connectivity index (χ3v) is 13.2. The van der Waals surface area contributed by atoms with Gasteiger partial charge < -0.3 is 9.13 Å². The summed E-state index contributed by atoms with van der Waals surface area (Å²) in [6.07, 6.45) is 14.3. The van der Waals surface area contributed by atoms with Gasteiger partial charge in [0.2, 0.25) is 0 Å². The van der Waals surface area contributed by atoms with E-state index in [2.05, 4.69) is 199 Å². The summed E-state index contributed by atoms with van der Waals surface area (Å²) in [5, 5.41) is 3.80. The number of aromatic nitrogens is 5. The Kier molecular flexibility index (Phi) is 10.7. The van der Waals surface area contributed by atoms with Crippen LogP contribution < -0.4 is 0 Å². The molecular formula is C61H51N5. The van der Waals surface area contributed by atoms with Gasteiger partial charge in [0.15, 0.2) is 17.5 Å². The van der Waals surface area contributed by atoms with Crippen molar-refractivity contribution < 1.29 is 0 Å². The van der Waals surface area contributed by atoms with Crippen LogP contribution in [0.5, 0.6) is 0 Å². The number of fused-ring (bicyclic) bond motifs is 9. The van der Waals surface area contributed by atoms with Gasteiger partial charge >= 0.3 is 0 Å². The second-order valence-electron chi connectivity index (χ2n) is 16.9. The average Bonchev–Trinajstić information content (AvgIpc) is 4.04. The Balaban J connectivity index is 0.00000238. The van der Waals surface area contributed by atoms with Crippen LogP contribution in [0.25, 0.3) is 95.5 Å². The highest BCUT2D eigenvalue weighted by Gasteiger charge is 2.26. The molecule has 2 aliphatic carbocycles. The monoisotopic (exact) mass is 853 g/mol. The van der Waals surface area contributed by atoms with E-state index in [9.17, 15) is 0 Å². The van der Waals surface area contributed by atoms with E-state index in [0.29, 0.717) is 17.5 Å². The van der Waals surface area contributed by atoms with Crippen molar-refractivity contribution in [3.8, 4) is 51.0 Å². The summed E-state index contributed by atoms with van der Waals surface area (Å²) in [4.78, 5) is 15.6. The van der Waals surface area contributed by atoms with Crippen LogP contribution in [0.1, 0.15) is 68.0 Å². The molecule has 0 fully saturated rings. The zero-order valence-electron chi connectivity index (χ0n) is 37.9. The van der Waals surface area contributed by atoms with Crippen LogP contribution in [0.4, 0.5) is 0 Å². The van der Waals surface area contributed by atoms with E-state index in [0.717, 1.165) is 47.2 Å². The van der Waals surface area contributed by atoms with Gasteiger partial charge in [0.25, 0.3) is 0 Å². The Morgan fingerprint density at radius 1 is 0.606 bits per heavy atom. The molecule has 0 spiro atoms. The molecule has 3 aromatic heterocycles. The molecule has 0 aliphatic heterocycles. The van der Waals surface area contributed by atoms with E-state index in [1.54, 1.807) is 0 Å². The predicted octanol–water partition coefficient (Wildman–Crippen LogP) is 15.7. The largest absolute Gasteiger partial charge is 0.310 e. The number of benzene rings is 7. The molecule has 0 bridgehead atoms. The number of para-hydroxylation sites is 2. The molecule has 0 saturated carbocycles. The Morgan fingerprint density at radius 2 is 1.27 bits per heavy atom. The number of allylic oxidation sites excluding steroid dienone is 5. The third-order valence-electron chi connectivity index (χ3n) is 13.2. The van der Waals surface area contributed by atoms with Crippen LogP contribution >= 0.6 is 0 Å². The molecule has 10 aromatic rings. The predicted molar refractivity (Wildman–Crippen MR) is 277 cm³/mol. The van der Waals surface area contributed by atoms with Gasteiger partial charge in [-0.1, -0.05) is 166 Å². The van der Waals surface area contributed by atoms with Crippen molar-refractivity contribution in [2.24, 2.45) is 0 Å². The summed E-state index contributed by atoms with van der Waals surface area (Å²) in [5.74, 6) is 2.23. The number of hydrogen-bond donors (Lipinski definition) is 0. The van der Waals surface area contributed by atoms with Gasteiger partial charge in [0.1, 0.15) is 0 Å². The van der Waals surface area contributed by atoms with Gasteiger partial charge in [0.05, 0.1) is 16.6 Å². The van der Waals surface area contributed by atoms with Gasteiger partial charge in [0, 0.05) is 55.8 Å². The first kappa shape index (κ1) is 40.9. The second kappa shape index (κ2) is 17.2. The van der Waals surface area contributed by atoms with E-state index in [4.69, 9.17) is 15.0 Å². The lowest BCUT2D eigenvalue weighted by Crippen LogP contribution is -2.07. The molecule has 320 valence electrons. The smallest absolute Gasteiger partial charge is 0.164 e. The average molecular weight is 854 g/mol. The van der Waals surface area contributed by atoms with Crippen LogP contribution in [0.3, 0.4) is 0 Å². The van der Waals surface area contributed by atoms with Crippen molar-refractivity contribution in [1.29, 1.82) is 0 Å². The van der Waals surface area contributed by atoms with Crippen molar-refractivity contribution in [1.82, 2.24) is 24.1 Å². The molecular weight excluding hydrogens is 803 g/mol. The maximum absolute atomic E-state index is 5.28. The number of rotatable bonds is 8. The van der Waals surface area contributed by atoms with Gasteiger partial charge in [-0.15, -0.1) is 0 Å². The molecule has 1 unspecified atom stereocenters. The molecule has 5 nitrogen and oxygen atoms in total. The first-order valence-electron chi connectivity index (χ1n) is 23.4. The number of nitrogens with zero attached hydrogens (tertiary/aromatic N) is 5. The van der Waals surface area contributed by atoms with Crippen LogP contribution in [-0.4, -0.2) is 24.1 Å². The SMILES string of the molecule is C/C=C\C(=C/CC)n1c2c(c3ccccc31)CC(c1ccc3c(c1)c1ccccc1n3-c1cccc(-c3nc(-c4ccccc4)nc(-c4cccc5c4-c4ccccc4C5)n3)c1)C=C2.CC. The molecule has 1 atom stereocenters. The first-order chi connectivity index (χ1) is 32.6. The minimum absolute atomic E-state index is 0.248. The van der Waals surface area contributed by atoms with Gasteiger partial charge in [-0.05, 0) is 108 Å². The maximum atomic E-state index is 5.28. The van der Waals surface area contributed by atoms with Crippen molar-refractivity contribution in [2.45, 2.75) is 52.9 Å². The third kappa shape index (κ3) is 6.90. The van der Waals surface area contributed by atoms with E-state index < -0.39 is 0 Å². The van der Waals surface area contributed by atoms with Gasteiger partial charge in [-0.2, -0.15) is 0 Å². The van der Waals surface area contributed by atoms with E-state index in [1.165, 1.54) is 72.0 Å². The summed E-state index contributed by atoms with van der Waals surface area (Å²) in [6, 6.07) is 58.9. The lowest BCUT2D eigenvalue weighted by molar-refractivity contribution is 0.828. The standard InChI is InChI=1S/C59H45N5.C2H6/c1-3-16-44(17-4-2)63-52-28-12-10-25-47(52)50-36-39(30-32-54(50)63)40-31-33-55-51(37-40)48-26-11-13-29-53(48)64(55)45-23-14-22-43(35-45)58-60-57(38-18-6-5-7-19-38)61-59(62-58)49-27-15-21-42-34-41-20-8-9-24-46(41)56(42)49;1-2/h3,5-33,35,37,39H,4,34,36H2,1-2H3;1-2H3/b16-3-,44-17+;. The highest BCUT2D eigenvalue weighted by atomic mass is 15.0. The number of hydrogen-bond acceptors (Lipinski definition) is 3. The summed E-state index contributed by atoms with van der Waals surface area (Å²) >= 11 is 0. The Hall–Kier alpha value is -7.89. The molecule has 0 radical (unpaired) electrons. The van der Waals surface area contributed by atoms with Crippen molar-refractivity contribution in [3.05, 3.63) is 216 Å². The molecule has 2 aliphatic rings. The minimum Gasteiger partial charge on any atom is -0.310 e. The normalized spacial score (nSPS) is 14.1. The van der Waals surface area contributed by atoms with Gasteiger partial charge in [-0.3, -0.25) is 0 Å². The van der Waals surface area contributed by atoms with Crippen LogP contribution in [0.15, 0.2) is 188 Å². The molecule has 66 heavy (non-hydrogen) atoms. The van der Waals surface area contributed by atoms with Crippen LogP contribution in [-0.2, 0) is 12.8 Å². The fourth-order valence-electron chi connectivity index (χ4n) is 10.3. The first-order valence-corrected chi connectivity index (χ1v) is 23.4. The highest BCUT2D eigenvalue weighted by Crippen LogP contribution is 2.44. The molecule has 3 heterocycles. The zero-order valence-corrected chi connectivity index (χ0v) is 37.9. The molecule has 0 N–H and O–H groups in total. The Morgan fingerprint density at radius 3 is 2.11 bits per heavy atom. The fraction of sp³-hybridized carbons (Fsp3) is 0.131. The van der Waals surface area contributed by atoms with Crippen molar-refractivity contribution in [2.75, 3.05) is 0 Å². The summed E-state index contributed by atoms with van der Waals surface area (Å²) in [5.41, 5.74) is 17.9. The van der Waals surface area contributed by atoms with E-state index >= 15 is 0 Å². The van der Waals surface area contributed by atoms with Crippen LogP contribution in [0.2, 0.25) is 0 Å². The molecule has 5 heteroatoms. The highest BCUT2D eigenvalue weighted by molar-refractivity contribution is 6.09. The summed E-state index contributed by atoms with van der Waals surface area (Å²) in [7, 11) is 0. The van der Waals surface area contributed by atoms with E-state index in [-0.39, 0.29) is 5.92 Å². The minimum atomic E-state index is 0.248. The zero-order chi connectivity index (χ0) is 44.7. The maximum Gasteiger partial charge on any atom is 0.164 e. The molecule has 0 amide bonds. The molecule has 12 rings (SSSR count). The quantitative estimate of drug-likeness (QED) is 0.143. The topological polar surface area (TPSA) is 48.5 Å². The summed E-state index contributed by atoms with van der Waals surface area (Å²) < 4.78 is 4.84. The van der Waals surface area contributed by atoms with Crippen LogP contribution in [0, 0.1) is 0 Å². The molecule has 7 aromatic carbocycles. The lowest BCUT2D eigenvalue weighted by Gasteiger charge is -2.20. The van der Waals surface area contributed by atoms with Crippen molar-refractivity contribution >= 4 is 44.5 Å². The Bertz CT molecular complexity index is 3560. The lowest BCUT2D eigenvalue weighted by atomic mass is 9.86. The summed E-state index contributed by atoms with van der Waals surface area (Å²) in [6.45, 7) is 8.30. The fourth-order valence-corrected chi connectivity index (χ4v) is 10.3. The second-order valence-corrected chi connectivity index (χ2v) is 16.9. The van der Waals surface area contributed by atoms with Crippen molar-refractivity contribution in [3.63, 3.8) is 0 Å². The van der Waals surface area contributed by atoms with E-state index in [1.807, 2.05) is 32.0 Å². The Labute approximate surface area is 386 Å². The van der Waals surface area contributed by atoms with Gasteiger partial charge in [-0.25, -0.2) is 15.0 Å². The molecule has 0 saturated heterocycles.